The first-order valence-corrected chi connectivity index (χ1v) is 7.05. The van der Waals surface area contributed by atoms with E-state index >= 15 is 0 Å². The van der Waals surface area contributed by atoms with Crippen LogP contribution in [0.4, 0.5) is 0 Å². The standard InChI is InChI=1S/C14H20Cl2O/c1-2-17-9-3-4-13(11-15)10-12-5-7-14(16)8-6-12/h5-8,13H,2-4,9-11H2,1H3. The lowest BCUT2D eigenvalue weighted by Crippen LogP contribution is -2.08. The Bertz CT molecular complexity index is 298. The van der Waals surface area contributed by atoms with Crippen LogP contribution < -0.4 is 0 Å². The summed E-state index contributed by atoms with van der Waals surface area (Å²) in [6, 6.07) is 8.01. The van der Waals surface area contributed by atoms with E-state index in [1.54, 1.807) is 0 Å². The van der Waals surface area contributed by atoms with Gasteiger partial charge in [0.05, 0.1) is 0 Å². The zero-order chi connectivity index (χ0) is 12.5. The SMILES string of the molecule is CCOCCCC(CCl)Cc1ccc(Cl)cc1. The number of hydrogen-bond acceptors (Lipinski definition) is 1. The van der Waals surface area contributed by atoms with Crippen molar-refractivity contribution in [2.75, 3.05) is 19.1 Å². The predicted molar refractivity (Wildman–Crippen MR) is 75.1 cm³/mol. The van der Waals surface area contributed by atoms with Gasteiger partial charge in [0.2, 0.25) is 0 Å². The largest absolute Gasteiger partial charge is 0.382 e. The fourth-order valence-electron chi connectivity index (χ4n) is 1.81. The zero-order valence-electron chi connectivity index (χ0n) is 10.3. The van der Waals surface area contributed by atoms with Gasteiger partial charge in [-0.1, -0.05) is 23.7 Å². The molecule has 0 amide bonds. The summed E-state index contributed by atoms with van der Waals surface area (Å²) in [5, 5.41) is 0.785. The van der Waals surface area contributed by atoms with Crippen LogP contribution in [-0.4, -0.2) is 19.1 Å². The third-order valence-corrected chi connectivity index (χ3v) is 3.45. The Kier molecular flexibility index (Phi) is 7.67. The second-order valence-electron chi connectivity index (χ2n) is 4.19. The number of ether oxygens (including phenoxy) is 1. The first kappa shape index (κ1) is 14.8. The van der Waals surface area contributed by atoms with Gasteiger partial charge in [-0.25, -0.2) is 0 Å². The number of alkyl halides is 1. The molecule has 0 aromatic heterocycles. The molecule has 96 valence electrons. The highest BCUT2D eigenvalue weighted by Gasteiger charge is 2.08. The van der Waals surface area contributed by atoms with E-state index < -0.39 is 0 Å². The summed E-state index contributed by atoms with van der Waals surface area (Å²) in [6.45, 7) is 3.65. The van der Waals surface area contributed by atoms with Crippen molar-refractivity contribution in [3.63, 3.8) is 0 Å². The summed E-state index contributed by atoms with van der Waals surface area (Å²) in [4.78, 5) is 0. The molecule has 0 saturated carbocycles. The molecule has 0 heterocycles. The van der Waals surface area contributed by atoms with Crippen molar-refractivity contribution in [1.29, 1.82) is 0 Å². The van der Waals surface area contributed by atoms with Gasteiger partial charge in [-0.15, -0.1) is 11.6 Å². The molecule has 1 atom stereocenters. The minimum absolute atomic E-state index is 0.526. The summed E-state index contributed by atoms with van der Waals surface area (Å²) in [6.07, 6.45) is 3.22. The maximum absolute atomic E-state index is 5.99. The fourth-order valence-corrected chi connectivity index (χ4v) is 2.20. The van der Waals surface area contributed by atoms with Crippen molar-refractivity contribution in [2.24, 2.45) is 5.92 Å². The van der Waals surface area contributed by atoms with Crippen molar-refractivity contribution >= 4 is 23.2 Å². The summed E-state index contributed by atoms with van der Waals surface area (Å²) in [7, 11) is 0. The van der Waals surface area contributed by atoms with Gasteiger partial charge in [0.25, 0.3) is 0 Å². The lowest BCUT2D eigenvalue weighted by Gasteiger charge is -2.13. The van der Waals surface area contributed by atoms with Crippen LogP contribution in [-0.2, 0) is 11.2 Å². The molecule has 0 aliphatic carbocycles. The average Bonchev–Trinajstić information content (AvgIpc) is 2.35. The van der Waals surface area contributed by atoms with Gasteiger partial charge in [-0.05, 0) is 49.8 Å². The Hall–Kier alpha value is -0.240. The molecule has 1 aromatic rings. The molecule has 1 rings (SSSR count). The Labute approximate surface area is 114 Å². The Morgan fingerprint density at radius 1 is 1.24 bits per heavy atom. The van der Waals surface area contributed by atoms with Crippen LogP contribution in [0.2, 0.25) is 5.02 Å². The van der Waals surface area contributed by atoms with Crippen molar-refractivity contribution in [2.45, 2.75) is 26.2 Å². The van der Waals surface area contributed by atoms with E-state index in [-0.39, 0.29) is 0 Å². The molecule has 0 fully saturated rings. The Morgan fingerprint density at radius 2 is 1.94 bits per heavy atom. The normalized spacial score (nSPS) is 12.6. The molecule has 17 heavy (non-hydrogen) atoms. The van der Waals surface area contributed by atoms with Crippen molar-refractivity contribution in [3.8, 4) is 0 Å². The van der Waals surface area contributed by atoms with Crippen LogP contribution in [0.25, 0.3) is 0 Å². The molecule has 0 aliphatic rings. The first-order valence-electron chi connectivity index (χ1n) is 6.14. The van der Waals surface area contributed by atoms with Crippen LogP contribution in [0, 0.1) is 5.92 Å². The van der Waals surface area contributed by atoms with E-state index in [0.717, 1.165) is 37.5 Å². The Morgan fingerprint density at radius 3 is 2.53 bits per heavy atom. The topological polar surface area (TPSA) is 9.23 Å². The number of halogens is 2. The molecule has 0 aliphatic heterocycles. The van der Waals surface area contributed by atoms with E-state index in [0.29, 0.717) is 11.8 Å². The van der Waals surface area contributed by atoms with E-state index in [2.05, 4.69) is 12.1 Å². The lowest BCUT2D eigenvalue weighted by molar-refractivity contribution is 0.140. The van der Waals surface area contributed by atoms with Gasteiger partial charge in [-0.2, -0.15) is 0 Å². The lowest BCUT2D eigenvalue weighted by atomic mass is 9.97. The summed E-state index contributed by atoms with van der Waals surface area (Å²) >= 11 is 11.9. The van der Waals surface area contributed by atoms with Gasteiger partial charge in [0.1, 0.15) is 0 Å². The van der Waals surface area contributed by atoms with E-state index in [4.69, 9.17) is 27.9 Å². The van der Waals surface area contributed by atoms with Crippen molar-refractivity contribution in [1.82, 2.24) is 0 Å². The molecule has 0 radical (unpaired) electrons. The number of rotatable bonds is 8. The Balaban J connectivity index is 2.33. The summed E-state index contributed by atoms with van der Waals surface area (Å²) in [5.41, 5.74) is 1.30. The quantitative estimate of drug-likeness (QED) is 0.499. The third-order valence-electron chi connectivity index (χ3n) is 2.76. The van der Waals surface area contributed by atoms with Gasteiger partial charge in [-0.3, -0.25) is 0 Å². The molecule has 0 bridgehead atoms. The maximum atomic E-state index is 5.99. The predicted octanol–water partition coefficient (Wildman–Crippen LogP) is 4.55. The van der Waals surface area contributed by atoms with E-state index in [1.807, 2.05) is 19.1 Å². The zero-order valence-corrected chi connectivity index (χ0v) is 11.8. The molecule has 1 unspecified atom stereocenters. The molecule has 0 N–H and O–H groups in total. The second-order valence-corrected chi connectivity index (χ2v) is 4.94. The minimum atomic E-state index is 0.526. The van der Waals surface area contributed by atoms with Crippen LogP contribution in [0.3, 0.4) is 0 Å². The third kappa shape index (κ3) is 6.30. The monoisotopic (exact) mass is 274 g/mol. The van der Waals surface area contributed by atoms with Gasteiger partial charge in [0, 0.05) is 24.1 Å². The van der Waals surface area contributed by atoms with E-state index in [9.17, 15) is 0 Å². The minimum Gasteiger partial charge on any atom is -0.382 e. The fraction of sp³-hybridized carbons (Fsp3) is 0.571. The van der Waals surface area contributed by atoms with Crippen molar-refractivity contribution in [3.05, 3.63) is 34.9 Å². The molecule has 0 spiro atoms. The molecule has 3 heteroatoms. The highest BCUT2D eigenvalue weighted by atomic mass is 35.5. The molecular formula is C14H20Cl2O. The maximum Gasteiger partial charge on any atom is 0.0466 e. The highest BCUT2D eigenvalue weighted by Crippen LogP contribution is 2.18. The summed E-state index contributed by atoms with van der Waals surface area (Å²) < 4.78 is 5.33. The van der Waals surface area contributed by atoms with Crippen LogP contribution in [0.1, 0.15) is 25.3 Å². The molecular weight excluding hydrogens is 255 g/mol. The van der Waals surface area contributed by atoms with Crippen LogP contribution in [0.15, 0.2) is 24.3 Å². The highest BCUT2D eigenvalue weighted by molar-refractivity contribution is 6.30. The van der Waals surface area contributed by atoms with E-state index in [1.165, 1.54) is 5.56 Å². The second kappa shape index (κ2) is 8.79. The molecule has 0 saturated heterocycles. The molecule has 1 aromatic carbocycles. The van der Waals surface area contributed by atoms with Crippen molar-refractivity contribution < 1.29 is 4.74 Å². The summed E-state index contributed by atoms with van der Waals surface area (Å²) in [5.74, 6) is 1.23. The number of hydrogen-bond donors (Lipinski definition) is 0. The van der Waals surface area contributed by atoms with Gasteiger partial charge in [0.15, 0.2) is 0 Å². The number of benzene rings is 1. The van der Waals surface area contributed by atoms with Crippen LogP contribution >= 0.6 is 23.2 Å². The smallest absolute Gasteiger partial charge is 0.0466 e. The van der Waals surface area contributed by atoms with Crippen LogP contribution in [0.5, 0.6) is 0 Å². The van der Waals surface area contributed by atoms with Gasteiger partial charge < -0.3 is 4.74 Å². The average molecular weight is 275 g/mol. The molecule has 1 nitrogen and oxygen atoms in total. The van der Waals surface area contributed by atoms with Gasteiger partial charge >= 0.3 is 0 Å². The first-order chi connectivity index (χ1) is 8.26.